The Balaban J connectivity index is 1.60. The molecular formula is C25H26N2O4S. The van der Waals surface area contributed by atoms with E-state index in [0.29, 0.717) is 34.9 Å². The molecule has 3 aliphatic rings. The lowest BCUT2D eigenvalue weighted by molar-refractivity contribution is -0.134. The Kier molecular flexibility index (Phi) is 5.37. The van der Waals surface area contributed by atoms with E-state index >= 15 is 0 Å². The average Bonchev–Trinajstić information content (AvgIpc) is 3.41. The number of amides is 1. The highest BCUT2D eigenvalue weighted by molar-refractivity contribution is 7.13. The quantitative estimate of drug-likeness (QED) is 0.618. The van der Waals surface area contributed by atoms with E-state index in [1.807, 2.05) is 29.6 Å². The second-order valence-corrected chi connectivity index (χ2v) is 9.73. The molecule has 166 valence electrons. The van der Waals surface area contributed by atoms with Gasteiger partial charge in [-0.15, -0.1) is 11.3 Å². The summed E-state index contributed by atoms with van der Waals surface area (Å²) in [6.45, 7) is 8.45. The van der Waals surface area contributed by atoms with Gasteiger partial charge < -0.3 is 9.47 Å². The maximum Gasteiger partial charge on any atom is 0.296 e. The summed E-state index contributed by atoms with van der Waals surface area (Å²) in [6, 6.07) is 6.94. The van der Waals surface area contributed by atoms with E-state index in [9.17, 15) is 9.59 Å². The number of hydrogen-bond acceptors (Lipinski definition) is 6. The number of hydrogen-bond donors (Lipinski definition) is 0. The standard InChI is InChI=1S/C25H26N2O4S/c1-4-9-30-17-7-5-6-16(13-17)21-20-22(28)18-11-14(2)15(3)12-19(18)31-23(20)24(29)27(21)25-26-8-10-32-25/h4-8,10,13-15,18-19,21H,1,9,11-12H2,2-3H3. The van der Waals surface area contributed by atoms with E-state index in [1.165, 1.54) is 11.3 Å². The molecule has 2 aromatic rings. The number of carbonyl (C=O) groups excluding carboxylic acids is 2. The monoisotopic (exact) mass is 450 g/mol. The first kappa shape index (κ1) is 20.9. The van der Waals surface area contributed by atoms with Crippen molar-refractivity contribution in [3.8, 4) is 5.75 Å². The number of anilines is 1. The maximum atomic E-state index is 13.8. The predicted octanol–water partition coefficient (Wildman–Crippen LogP) is 4.70. The highest BCUT2D eigenvalue weighted by Crippen LogP contribution is 2.50. The van der Waals surface area contributed by atoms with E-state index < -0.39 is 6.04 Å². The largest absolute Gasteiger partial charge is 0.490 e. The zero-order valence-corrected chi connectivity index (χ0v) is 19.0. The summed E-state index contributed by atoms with van der Waals surface area (Å²) in [5, 5.41) is 2.37. The smallest absolute Gasteiger partial charge is 0.296 e. The van der Waals surface area contributed by atoms with Crippen molar-refractivity contribution in [3.63, 3.8) is 0 Å². The minimum absolute atomic E-state index is 0.0322. The molecule has 0 saturated heterocycles. The second kappa shape index (κ2) is 8.20. The van der Waals surface area contributed by atoms with Crippen LogP contribution in [0, 0.1) is 17.8 Å². The molecule has 5 unspecified atom stereocenters. The van der Waals surface area contributed by atoms with Gasteiger partial charge in [0.05, 0.1) is 17.5 Å². The van der Waals surface area contributed by atoms with Crippen LogP contribution in [-0.2, 0) is 14.3 Å². The summed E-state index contributed by atoms with van der Waals surface area (Å²) >= 11 is 1.37. The lowest BCUT2D eigenvalue weighted by atomic mass is 9.70. The van der Waals surface area contributed by atoms with Gasteiger partial charge in [0, 0.05) is 11.6 Å². The first-order chi connectivity index (χ1) is 15.5. The van der Waals surface area contributed by atoms with Crippen LogP contribution in [0.25, 0.3) is 0 Å². The van der Waals surface area contributed by atoms with Crippen molar-refractivity contribution in [2.24, 2.45) is 17.8 Å². The SMILES string of the molecule is C=CCOc1cccc(C2C3=C(OC4CC(C)C(C)CC4C3=O)C(=O)N2c2nccs2)c1. The Bertz CT molecular complexity index is 1090. The van der Waals surface area contributed by atoms with Gasteiger partial charge in [-0.1, -0.05) is 38.6 Å². The van der Waals surface area contributed by atoms with Crippen LogP contribution in [0.15, 0.2) is 59.8 Å². The Labute approximate surface area is 191 Å². The van der Waals surface area contributed by atoms with Crippen molar-refractivity contribution in [2.75, 3.05) is 11.5 Å². The van der Waals surface area contributed by atoms with Gasteiger partial charge in [0.2, 0.25) is 0 Å². The lowest BCUT2D eigenvalue weighted by Gasteiger charge is -2.40. The van der Waals surface area contributed by atoms with Gasteiger partial charge in [-0.05, 0) is 42.4 Å². The molecule has 1 saturated carbocycles. The number of Topliss-reactive ketones (excluding diaryl/α,β-unsaturated/α-hetero) is 1. The number of carbonyl (C=O) groups is 2. The summed E-state index contributed by atoms with van der Waals surface area (Å²) in [7, 11) is 0. The van der Waals surface area contributed by atoms with Gasteiger partial charge in [-0.25, -0.2) is 4.98 Å². The van der Waals surface area contributed by atoms with Crippen LogP contribution >= 0.6 is 11.3 Å². The normalized spacial score (nSPS) is 29.4. The first-order valence-electron chi connectivity index (χ1n) is 11.0. The van der Waals surface area contributed by atoms with Crippen molar-refractivity contribution in [3.05, 3.63) is 65.4 Å². The molecule has 32 heavy (non-hydrogen) atoms. The Morgan fingerprint density at radius 2 is 2.09 bits per heavy atom. The van der Waals surface area contributed by atoms with Crippen molar-refractivity contribution in [1.82, 2.24) is 4.98 Å². The van der Waals surface area contributed by atoms with E-state index in [2.05, 4.69) is 25.4 Å². The highest BCUT2D eigenvalue weighted by Gasteiger charge is 2.54. The van der Waals surface area contributed by atoms with Crippen LogP contribution in [0.1, 0.15) is 38.3 Å². The van der Waals surface area contributed by atoms with Crippen LogP contribution in [0.5, 0.6) is 5.75 Å². The Morgan fingerprint density at radius 1 is 1.28 bits per heavy atom. The molecule has 1 fully saturated rings. The third-order valence-electron chi connectivity index (χ3n) is 6.88. The number of aromatic nitrogens is 1. The van der Waals surface area contributed by atoms with Gasteiger partial charge in [-0.2, -0.15) is 0 Å². The number of thiazole rings is 1. The summed E-state index contributed by atoms with van der Waals surface area (Å²) < 4.78 is 12.0. The fourth-order valence-electron chi connectivity index (χ4n) is 5.04. The molecule has 1 aromatic heterocycles. The number of nitrogens with zero attached hydrogens (tertiary/aromatic N) is 2. The third-order valence-corrected chi connectivity index (χ3v) is 7.65. The topological polar surface area (TPSA) is 68.7 Å². The molecule has 0 radical (unpaired) electrons. The van der Waals surface area contributed by atoms with Gasteiger partial charge in [0.25, 0.3) is 5.91 Å². The van der Waals surface area contributed by atoms with E-state index in [0.717, 1.165) is 18.4 Å². The fraction of sp³-hybridized carbons (Fsp3) is 0.400. The van der Waals surface area contributed by atoms with Crippen LogP contribution in [0.4, 0.5) is 5.13 Å². The lowest BCUT2D eigenvalue weighted by Crippen LogP contribution is -2.43. The molecule has 0 N–H and O–H groups in total. The molecular weight excluding hydrogens is 424 g/mol. The predicted molar refractivity (Wildman–Crippen MR) is 122 cm³/mol. The molecule has 7 heteroatoms. The minimum Gasteiger partial charge on any atom is -0.490 e. The maximum absolute atomic E-state index is 13.8. The average molecular weight is 451 g/mol. The molecule has 1 aromatic carbocycles. The summed E-state index contributed by atoms with van der Waals surface area (Å²) in [6.07, 6.45) is 4.67. The van der Waals surface area contributed by atoms with Crippen molar-refractivity contribution >= 4 is 28.2 Å². The van der Waals surface area contributed by atoms with Gasteiger partial charge in [0.15, 0.2) is 16.7 Å². The zero-order chi connectivity index (χ0) is 22.4. The molecule has 1 aliphatic carbocycles. The summed E-state index contributed by atoms with van der Waals surface area (Å²) in [5.41, 5.74) is 1.25. The molecule has 5 atom stereocenters. The summed E-state index contributed by atoms with van der Waals surface area (Å²) in [4.78, 5) is 33.4. The number of ether oxygens (including phenoxy) is 2. The molecule has 1 amide bonds. The molecule has 2 aliphatic heterocycles. The zero-order valence-electron chi connectivity index (χ0n) is 18.2. The number of fused-ring (bicyclic) bond motifs is 1. The molecule has 3 heterocycles. The van der Waals surface area contributed by atoms with E-state index in [4.69, 9.17) is 9.47 Å². The number of rotatable bonds is 5. The third kappa shape index (κ3) is 3.35. The van der Waals surface area contributed by atoms with Gasteiger partial charge >= 0.3 is 0 Å². The van der Waals surface area contributed by atoms with Crippen molar-refractivity contribution in [1.29, 1.82) is 0 Å². The van der Waals surface area contributed by atoms with E-state index in [-0.39, 0.29) is 29.5 Å². The van der Waals surface area contributed by atoms with Gasteiger partial charge in [0.1, 0.15) is 18.5 Å². The Morgan fingerprint density at radius 3 is 2.84 bits per heavy atom. The van der Waals surface area contributed by atoms with Crippen LogP contribution < -0.4 is 9.64 Å². The summed E-state index contributed by atoms with van der Waals surface area (Å²) in [5.74, 6) is 1.26. The molecule has 6 nitrogen and oxygen atoms in total. The molecule has 0 bridgehead atoms. The van der Waals surface area contributed by atoms with Crippen LogP contribution in [0.2, 0.25) is 0 Å². The number of benzene rings is 1. The number of ketones is 1. The minimum atomic E-state index is -0.584. The van der Waals surface area contributed by atoms with Crippen LogP contribution in [-0.4, -0.2) is 29.4 Å². The first-order valence-corrected chi connectivity index (χ1v) is 11.9. The second-order valence-electron chi connectivity index (χ2n) is 8.86. The van der Waals surface area contributed by atoms with Crippen LogP contribution in [0.3, 0.4) is 0 Å². The van der Waals surface area contributed by atoms with Crippen molar-refractivity contribution in [2.45, 2.75) is 38.8 Å². The molecule has 0 spiro atoms. The molecule has 5 rings (SSSR count). The fourth-order valence-corrected chi connectivity index (χ4v) is 5.71. The highest BCUT2D eigenvalue weighted by atomic mass is 32.1. The Hall–Kier alpha value is -2.93. The van der Waals surface area contributed by atoms with E-state index in [1.54, 1.807) is 17.2 Å². The van der Waals surface area contributed by atoms with Crippen molar-refractivity contribution < 1.29 is 19.1 Å². The van der Waals surface area contributed by atoms with Gasteiger partial charge in [-0.3, -0.25) is 14.5 Å².